The molecule has 5 nitrogen and oxygen atoms in total. The Bertz CT molecular complexity index is 866. The maximum Gasteiger partial charge on any atom is 0.270 e. The van der Waals surface area contributed by atoms with Crippen molar-refractivity contribution in [2.45, 2.75) is 20.3 Å². The molecule has 3 rings (SSSR count). The van der Waals surface area contributed by atoms with E-state index in [2.05, 4.69) is 10.3 Å². The van der Waals surface area contributed by atoms with Gasteiger partial charge in [0.05, 0.1) is 12.8 Å². The first-order valence-electron chi connectivity index (χ1n) is 7.95. The van der Waals surface area contributed by atoms with Gasteiger partial charge < -0.3 is 10.1 Å². The minimum atomic E-state index is -0.0997. The molecular formula is C19H21N3O2. The lowest BCUT2D eigenvalue weighted by atomic mass is 10.1. The van der Waals surface area contributed by atoms with Crippen molar-refractivity contribution in [1.29, 1.82) is 0 Å². The summed E-state index contributed by atoms with van der Waals surface area (Å²) < 4.78 is 6.98. The van der Waals surface area contributed by atoms with Gasteiger partial charge in [-0.3, -0.25) is 9.20 Å². The van der Waals surface area contributed by atoms with Crippen molar-refractivity contribution in [3.63, 3.8) is 0 Å². The highest BCUT2D eigenvalue weighted by Crippen LogP contribution is 2.14. The van der Waals surface area contributed by atoms with Gasteiger partial charge in [-0.1, -0.05) is 12.1 Å². The Morgan fingerprint density at radius 2 is 1.96 bits per heavy atom. The lowest BCUT2D eigenvalue weighted by molar-refractivity contribution is 0.0947. The lowest BCUT2D eigenvalue weighted by Gasteiger charge is -2.07. The Kier molecular flexibility index (Phi) is 4.51. The van der Waals surface area contributed by atoms with Gasteiger partial charge in [0.2, 0.25) is 0 Å². The SMILES string of the molecule is COc1ccc(CCNC(=O)c2c(C)nc3cc(C)ccn23)cc1. The molecule has 124 valence electrons. The minimum absolute atomic E-state index is 0.0997. The van der Waals surface area contributed by atoms with E-state index in [4.69, 9.17) is 4.74 Å². The quantitative estimate of drug-likeness (QED) is 0.785. The number of hydrogen-bond donors (Lipinski definition) is 1. The second-order valence-corrected chi connectivity index (χ2v) is 5.83. The number of benzene rings is 1. The summed E-state index contributed by atoms with van der Waals surface area (Å²) in [7, 11) is 1.65. The number of amides is 1. The molecule has 0 fully saturated rings. The molecule has 0 unspecified atom stereocenters. The molecule has 0 aliphatic carbocycles. The number of carbonyl (C=O) groups is 1. The summed E-state index contributed by atoms with van der Waals surface area (Å²) in [4.78, 5) is 17.0. The number of aryl methyl sites for hydroxylation is 2. The predicted molar refractivity (Wildman–Crippen MR) is 93.7 cm³/mol. The van der Waals surface area contributed by atoms with Crippen LogP contribution in [0.15, 0.2) is 42.6 Å². The first-order chi connectivity index (χ1) is 11.6. The van der Waals surface area contributed by atoms with Gasteiger partial charge in [0.1, 0.15) is 17.1 Å². The second kappa shape index (κ2) is 6.74. The number of methoxy groups -OCH3 is 1. The van der Waals surface area contributed by atoms with Gasteiger partial charge in [0.15, 0.2) is 0 Å². The number of rotatable bonds is 5. The highest BCUT2D eigenvalue weighted by atomic mass is 16.5. The Hall–Kier alpha value is -2.82. The van der Waals surface area contributed by atoms with Gasteiger partial charge in [-0.25, -0.2) is 4.98 Å². The van der Waals surface area contributed by atoms with Crippen LogP contribution in [0.2, 0.25) is 0 Å². The number of hydrogen-bond acceptors (Lipinski definition) is 3. The highest BCUT2D eigenvalue weighted by molar-refractivity contribution is 5.94. The molecule has 0 saturated carbocycles. The summed E-state index contributed by atoms with van der Waals surface area (Å²) >= 11 is 0. The zero-order valence-corrected chi connectivity index (χ0v) is 14.2. The van der Waals surface area contributed by atoms with Crippen molar-refractivity contribution in [3.05, 3.63) is 65.1 Å². The molecule has 1 amide bonds. The zero-order valence-electron chi connectivity index (χ0n) is 14.2. The van der Waals surface area contributed by atoms with Gasteiger partial charge in [-0.15, -0.1) is 0 Å². The van der Waals surface area contributed by atoms with Gasteiger partial charge in [-0.2, -0.15) is 0 Å². The topological polar surface area (TPSA) is 55.6 Å². The molecule has 1 N–H and O–H groups in total. The molecule has 0 aliphatic rings. The van der Waals surface area contributed by atoms with Crippen LogP contribution in [0.25, 0.3) is 5.65 Å². The van der Waals surface area contributed by atoms with Crippen molar-refractivity contribution < 1.29 is 9.53 Å². The molecule has 24 heavy (non-hydrogen) atoms. The van der Waals surface area contributed by atoms with Crippen molar-refractivity contribution in [2.24, 2.45) is 0 Å². The molecule has 0 bridgehead atoms. The van der Waals surface area contributed by atoms with E-state index in [1.807, 2.05) is 60.8 Å². The third kappa shape index (κ3) is 3.25. The van der Waals surface area contributed by atoms with E-state index in [1.165, 1.54) is 0 Å². The lowest BCUT2D eigenvalue weighted by Crippen LogP contribution is -2.27. The van der Waals surface area contributed by atoms with Crippen LogP contribution < -0.4 is 10.1 Å². The molecular weight excluding hydrogens is 302 g/mol. The molecule has 1 aromatic carbocycles. The maximum absolute atomic E-state index is 12.5. The van der Waals surface area contributed by atoms with Crippen molar-refractivity contribution in [2.75, 3.05) is 13.7 Å². The largest absolute Gasteiger partial charge is 0.497 e. The molecule has 2 heterocycles. The van der Waals surface area contributed by atoms with Crippen LogP contribution in [0, 0.1) is 13.8 Å². The van der Waals surface area contributed by atoms with Gasteiger partial charge >= 0.3 is 0 Å². The van der Waals surface area contributed by atoms with Crippen molar-refractivity contribution >= 4 is 11.6 Å². The third-order valence-electron chi connectivity index (χ3n) is 4.03. The number of pyridine rings is 1. The van der Waals surface area contributed by atoms with Crippen molar-refractivity contribution in [3.8, 4) is 5.75 Å². The Morgan fingerprint density at radius 3 is 2.67 bits per heavy atom. The molecule has 0 saturated heterocycles. The number of fused-ring (bicyclic) bond motifs is 1. The molecule has 5 heteroatoms. The summed E-state index contributed by atoms with van der Waals surface area (Å²) in [6.45, 7) is 4.45. The van der Waals surface area contributed by atoms with Crippen LogP contribution in [-0.2, 0) is 6.42 Å². The van der Waals surface area contributed by atoms with E-state index in [-0.39, 0.29) is 5.91 Å². The Balaban J connectivity index is 1.67. The smallest absolute Gasteiger partial charge is 0.270 e. The molecule has 0 atom stereocenters. The fraction of sp³-hybridized carbons (Fsp3) is 0.263. The normalized spacial score (nSPS) is 10.8. The number of imidazole rings is 1. The summed E-state index contributed by atoms with van der Waals surface area (Å²) in [6, 6.07) is 11.8. The Morgan fingerprint density at radius 1 is 1.21 bits per heavy atom. The van der Waals surface area contributed by atoms with E-state index >= 15 is 0 Å². The van der Waals surface area contributed by atoms with Crippen LogP contribution in [0.3, 0.4) is 0 Å². The van der Waals surface area contributed by atoms with Gasteiger partial charge in [0, 0.05) is 12.7 Å². The number of nitrogens with one attached hydrogen (secondary N) is 1. The van der Waals surface area contributed by atoms with Crippen LogP contribution in [-0.4, -0.2) is 28.9 Å². The Labute approximate surface area is 141 Å². The number of carbonyl (C=O) groups excluding carboxylic acids is 1. The average Bonchev–Trinajstić information content (AvgIpc) is 2.90. The van der Waals surface area contributed by atoms with E-state index < -0.39 is 0 Å². The number of aromatic nitrogens is 2. The number of ether oxygens (including phenoxy) is 1. The summed E-state index contributed by atoms with van der Waals surface area (Å²) in [5, 5.41) is 2.98. The van der Waals surface area contributed by atoms with E-state index in [9.17, 15) is 4.79 Å². The minimum Gasteiger partial charge on any atom is -0.497 e. The summed E-state index contributed by atoms with van der Waals surface area (Å²) in [6.07, 6.45) is 2.66. The molecule has 0 spiro atoms. The van der Waals surface area contributed by atoms with E-state index in [1.54, 1.807) is 7.11 Å². The average molecular weight is 323 g/mol. The van der Waals surface area contributed by atoms with Gasteiger partial charge in [-0.05, 0) is 55.7 Å². The van der Waals surface area contributed by atoms with E-state index in [0.29, 0.717) is 12.2 Å². The zero-order chi connectivity index (χ0) is 17.1. The van der Waals surface area contributed by atoms with Crippen LogP contribution in [0.4, 0.5) is 0 Å². The van der Waals surface area contributed by atoms with Crippen LogP contribution in [0.1, 0.15) is 27.3 Å². The second-order valence-electron chi connectivity index (χ2n) is 5.83. The molecule has 3 aromatic rings. The first-order valence-corrected chi connectivity index (χ1v) is 7.95. The monoisotopic (exact) mass is 323 g/mol. The standard InChI is InChI=1S/C19H21N3O2/c1-13-9-11-22-17(12-13)21-14(2)18(22)19(23)20-10-8-15-4-6-16(24-3)7-5-15/h4-7,9,11-12H,8,10H2,1-3H3,(H,20,23). The molecule has 2 aromatic heterocycles. The van der Waals surface area contributed by atoms with Gasteiger partial charge in [0.25, 0.3) is 5.91 Å². The van der Waals surface area contributed by atoms with Crippen molar-refractivity contribution in [1.82, 2.24) is 14.7 Å². The summed E-state index contributed by atoms with van der Waals surface area (Å²) in [5.41, 5.74) is 4.41. The maximum atomic E-state index is 12.5. The fourth-order valence-corrected chi connectivity index (χ4v) is 2.73. The van der Waals surface area contributed by atoms with Crippen LogP contribution >= 0.6 is 0 Å². The molecule has 0 radical (unpaired) electrons. The highest BCUT2D eigenvalue weighted by Gasteiger charge is 2.16. The van der Waals surface area contributed by atoms with Crippen LogP contribution in [0.5, 0.6) is 5.75 Å². The fourth-order valence-electron chi connectivity index (χ4n) is 2.73. The van der Waals surface area contributed by atoms with E-state index in [0.717, 1.165) is 34.6 Å². The first kappa shape index (κ1) is 16.1. The number of nitrogens with zero attached hydrogens (tertiary/aromatic N) is 2. The predicted octanol–water partition coefficient (Wildman–Crippen LogP) is 2.93. The summed E-state index contributed by atoms with van der Waals surface area (Å²) in [5.74, 6) is 0.733. The molecule has 0 aliphatic heterocycles. The third-order valence-corrected chi connectivity index (χ3v) is 4.03.